The Morgan fingerprint density at radius 2 is 1.75 bits per heavy atom. The average molecular weight is 463 g/mol. The van der Waals surface area contributed by atoms with Gasteiger partial charge in [-0.1, -0.05) is 56.5 Å². The van der Waals surface area contributed by atoms with Crippen molar-refractivity contribution in [3.63, 3.8) is 0 Å². The molecule has 5 nitrogen and oxygen atoms in total. The lowest BCUT2D eigenvalue weighted by Crippen LogP contribution is -2.49. The quantitative estimate of drug-likeness (QED) is 0.180. The number of rotatable bonds is 16. The van der Waals surface area contributed by atoms with Crippen molar-refractivity contribution in [3.05, 3.63) is 55.6 Å². The van der Waals surface area contributed by atoms with Crippen molar-refractivity contribution in [2.24, 2.45) is 5.92 Å². The fraction of sp³-hybridized carbons (Fsp3) is 0.577. The smallest absolute Gasteiger partial charge is 0.328 e. The summed E-state index contributed by atoms with van der Waals surface area (Å²) < 4.78 is 37.4. The molecule has 0 radical (unpaired) electrons. The van der Waals surface area contributed by atoms with Crippen LogP contribution in [0.25, 0.3) is 0 Å². The summed E-state index contributed by atoms with van der Waals surface area (Å²) in [4.78, 5) is 13.3. The van der Waals surface area contributed by atoms with E-state index in [4.69, 9.17) is 9.47 Å². The van der Waals surface area contributed by atoms with Gasteiger partial charge in [0.15, 0.2) is 14.6 Å². The first-order chi connectivity index (χ1) is 15.5. The molecule has 3 atom stereocenters. The number of hydrogen-bond acceptors (Lipinski definition) is 5. The van der Waals surface area contributed by atoms with Gasteiger partial charge in [-0.25, -0.2) is 8.42 Å². The Morgan fingerprint density at radius 1 is 1.03 bits per heavy atom. The summed E-state index contributed by atoms with van der Waals surface area (Å²) in [5, 5.41) is 0. The Bertz CT molecular complexity index is 833. The number of ether oxygens (including phenoxy) is 2. The van der Waals surface area contributed by atoms with Crippen molar-refractivity contribution < 1.29 is 22.7 Å². The van der Waals surface area contributed by atoms with E-state index in [1.165, 1.54) is 6.08 Å². The molecule has 0 saturated carbocycles. The Balaban J connectivity index is 2.16. The second-order valence-electron chi connectivity index (χ2n) is 8.43. The Morgan fingerprint density at radius 3 is 2.41 bits per heavy atom. The van der Waals surface area contributed by atoms with Gasteiger partial charge in [-0.05, 0) is 50.7 Å². The summed E-state index contributed by atoms with van der Waals surface area (Å²) in [6, 6.07) is 8.19. The van der Waals surface area contributed by atoms with Crippen molar-refractivity contribution in [2.75, 3.05) is 13.2 Å². The molecule has 0 amide bonds. The molecule has 1 saturated heterocycles. The first kappa shape index (κ1) is 26.3. The number of carbonyl (C=O) groups is 1. The third kappa shape index (κ3) is 5.90. The van der Waals surface area contributed by atoms with Crippen LogP contribution in [0.2, 0.25) is 0 Å². The van der Waals surface area contributed by atoms with E-state index in [-0.39, 0.29) is 11.3 Å². The maximum atomic E-state index is 13.8. The zero-order valence-corrected chi connectivity index (χ0v) is 20.2. The van der Waals surface area contributed by atoms with Crippen molar-refractivity contribution in [1.29, 1.82) is 0 Å². The van der Waals surface area contributed by atoms with Crippen LogP contribution in [-0.4, -0.2) is 38.5 Å². The molecule has 1 fully saturated rings. The molecule has 0 bridgehead atoms. The number of esters is 1. The number of hydrogen-bond donors (Lipinski definition) is 0. The Hall–Kier alpha value is -1.92. The van der Waals surface area contributed by atoms with Gasteiger partial charge in [0.1, 0.15) is 6.10 Å². The van der Waals surface area contributed by atoms with E-state index in [0.29, 0.717) is 26.1 Å². The SMILES string of the molecule is C=CCCCCCCOCC[C@@H]1[C@@H](CCC)OC(=O)[C@@]1(CC=C)S(=O)(=O)c1ccccc1. The van der Waals surface area contributed by atoms with Gasteiger partial charge < -0.3 is 9.47 Å². The number of allylic oxidation sites excluding steroid dienone is 2. The lowest BCUT2D eigenvalue weighted by molar-refractivity contribution is -0.143. The van der Waals surface area contributed by atoms with E-state index < -0.39 is 32.6 Å². The standard InChI is InChI=1S/C26H38O5S/c1-4-7-8-9-10-14-20-30-21-18-23-24(15-5-2)31-25(27)26(23,19-6-3)32(28,29)22-16-12-11-13-17-22/h4,6,11-13,16-17,23-24H,1,3,5,7-10,14-15,18-21H2,2H3/t23-,24-,26+/m1/s1. The van der Waals surface area contributed by atoms with Crippen LogP contribution in [0.3, 0.4) is 0 Å². The predicted octanol–water partition coefficient (Wildman–Crippen LogP) is 5.66. The maximum absolute atomic E-state index is 13.8. The van der Waals surface area contributed by atoms with Gasteiger partial charge >= 0.3 is 5.97 Å². The van der Waals surface area contributed by atoms with Crippen LogP contribution < -0.4 is 0 Å². The van der Waals surface area contributed by atoms with E-state index in [1.807, 2.05) is 13.0 Å². The number of sulfone groups is 1. The summed E-state index contributed by atoms with van der Waals surface area (Å²) in [5.41, 5.74) is 0. The lowest BCUT2D eigenvalue weighted by Gasteiger charge is -2.31. The summed E-state index contributed by atoms with van der Waals surface area (Å²) >= 11 is 0. The van der Waals surface area contributed by atoms with E-state index in [9.17, 15) is 13.2 Å². The zero-order valence-electron chi connectivity index (χ0n) is 19.3. The second-order valence-corrected chi connectivity index (χ2v) is 10.6. The normalized spacial score (nSPS) is 23.1. The molecule has 2 rings (SSSR count). The number of carbonyl (C=O) groups excluding carboxylic acids is 1. The topological polar surface area (TPSA) is 69.7 Å². The van der Waals surface area contributed by atoms with Gasteiger partial charge in [0.25, 0.3) is 0 Å². The minimum Gasteiger partial charge on any atom is -0.461 e. The lowest BCUT2D eigenvalue weighted by atomic mass is 9.83. The minimum absolute atomic E-state index is 0.0250. The number of cyclic esters (lactones) is 1. The molecular weight excluding hydrogens is 424 g/mol. The van der Waals surface area contributed by atoms with Crippen LogP contribution in [0.5, 0.6) is 0 Å². The zero-order chi connectivity index (χ0) is 23.5. The predicted molar refractivity (Wildman–Crippen MR) is 128 cm³/mol. The van der Waals surface area contributed by atoms with Crippen LogP contribution >= 0.6 is 0 Å². The third-order valence-corrected chi connectivity index (χ3v) is 8.71. The van der Waals surface area contributed by atoms with E-state index in [1.54, 1.807) is 30.3 Å². The van der Waals surface area contributed by atoms with Gasteiger partial charge in [0.2, 0.25) is 0 Å². The van der Waals surface area contributed by atoms with Gasteiger partial charge in [0, 0.05) is 19.1 Å². The highest BCUT2D eigenvalue weighted by molar-refractivity contribution is 7.93. The van der Waals surface area contributed by atoms with Crippen LogP contribution in [0.15, 0.2) is 60.5 Å². The van der Waals surface area contributed by atoms with Gasteiger partial charge in [-0.15, -0.1) is 13.2 Å². The van der Waals surface area contributed by atoms with Crippen LogP contribution in [0.4, 0.5) is 0 Å². The molecule has 0 unspecified atom stereocenters. The molecule has 1 aromatic rings. The molecule has 32 heavy (non-hydrogen) atoms. The van der Waals surface area contributed by atoms with Gasteiger partial charge in [-0.2, -0.15) is 0 Å². The maximum Gasteiger partial charge on any atom is 0.328 e. The van der Waals surface area contributed by atoms with Crippen molar-refractivity contribution in [3.8, 4) is 0 Å². The summed E-state index contributed by atoms with van der Waals surface area (Å²) in [6.07, 6.45) is 10.3. The molecule has 0 aliphatic carbocycles. The minimum atomic E-state index is -3.98. The monoisotopic (exact) mass is 462 g/mol. The molecule has 1 aliphatic rings. The Labute approximate surface area is 193 Å². The highest BCUT2D eigenvalue weighted by atomic mass is 32.2. The van der Waals surface area contributed by atoms with E-state index in [2.05, 4.69) is 13.2 Å². The molecule has 0 N–H and O–H groups in total. The molecule has 0 spiro atoms. The van der Waals surface area contributed by atoms with Gasteiger partial charge in [-0.3, -0.25) is 4.79 Å². The van der Waals surface area contributed by atoms with E-state index in [0.717, 1.165) is 38.5 Å². The van der Waals surface area contributed by atoms with Crippen molar-refractivity contribution in [2.45, 2.75) is 80.5 Å². The van der Waals surface area contributed by atoms with Crippen molar-refractivity contribution >= 4 is 15.8 Å². The summed E-state index contributed by atoms with van der Waals surface area (Å²) in [7, 11) is -3.98. The molecule has 1 heterocycles. The van der Waals surface area contributed by atoms with E-state index >= 15 is 0 Å². The first-order valence-electron chi connectivity index (χ1n) is 11.8. The fourth-order valence-electron chi connectivity index (χ4n) is 4.57. The molecule has 1 aliphatic heterocycles. The van der Waals surface area contributed by atoms with Crippen molar-refractivity contribution in [1.82, 2.24) is 0 Å². The second kappa shape index (κ2) is 12.9. The number of benzene rings is 1. The molecule has 1 aromatic carbocycles. The summed E-state index contributed by atoms with van der Waals surface area (Å²) in [5.74, 6) is -1.14. The Kier molecular flexibility index (Phi) is 10.7. The highest BCUT2D eigenvalue weighted by Crippen LogP contribution is 2.47. The van der Waals surface area contributed by atoms with Crippen LogP contribution in [0.1, 0.15) is 64.7 Å². The average Bonchev–Trinajstić information content (AvgIpc) is 3.05. The van der Waals surface area contributed by atoms with Crippen LogP contribution in [0, 0.1) is 5.92 Å². The largest absolute Gasteiger partial charge is 0.461 e. The summed E-state index contributed by atoms with van der Waals surface area (Å²) in [6.45, 7) is 10.5. The van der Waals surface area contributed by atoms with Crippen LogP contribution in [-0.2, 0) is 24.1 Å². The molecule has 6 heteroatoms. The van der Waals surface area contributed by atoms with Gasteiger partial charge in [0.05, 0.1) is 4.90 Å². The molecule has 178 valence electrons. The fourth-order valence-corrected chi connectivity index (χ4v) is 6.78. The molecule has 0 aromatic heterocycles. The highest BCUT2D eigenvalue weighted by Gasteiger charge is 2.64. The first-order valence-corrected chi connectivity index (χ1v) is 13.2. The molecular formula is C26H38O5S. The number of unbranched alkanes of at least 4 members (excludes halogenated alkanes) is 4. The third-order valence-electron chi connectivity index (χ3n) is 6.23.